The summed E-state index contributed by atoms with van der Waals surface area (Å²) in [6, 6.07) is 17.0. The van der Waals surface area contributed by atoms with Crippen LogP contribution in [0.5, 0.6) is 11.5 Å². The summed E-state index contributed by atoms with van der Waals surface area (Å²) in [6.07, 6.45) is 1.53. The maximum atomic E-state index is 12.7. The summed E-state index contributed by atoms with van der Waals surface area (Å²) in [7, 11) is 0. The van der Waals surface area contributed by atoms with Crippen molar-refractivity contribution in [3.8, 4) is 11.5 Å². The molecular formula is C23H25ClN4O3. The molecular weight excluding hydrogens is 416 g/mol. The number of carbonyl (C=O) groups excluding carboxylic acids is 1. The van der Waals surface area contributed by atoms with Gasteiger partial charge in [-0.3, -0.25) is 9.69 Å². The highest BCUT2D eigenvalue weighted by Gasteiger charge is 2.23. The first-order valence-corrected chi connectivity index (χ1v) is 10.7. The second-order valence-corrected chi connectivity index (χ2v) is 7.75. The second-order valence-electron chi connectivity index (χ2n) is 7.34. The molecule has 4 rings (SSSR count). The van der Waals surface area contributed by atoms with Crippen LogP contribution >= 0.6 is 11.6 Å². The van der Waals surface area contributed by atoms with Crippen molar-refractivity contribution < 1.29 is 14.3 Å². The molecule has 7 nitrogen and oxygen atoms in total. The van der Waals surface area contributed by atoms with Crippen LogP contribution in [0.2, 0.25) is 5.02 Å². The first kappa shape index (κ1) is 21.2. The molecule has 1 aliphatic rings. The number of likely N-dealkylation sites (N-methyl/N-ethyl adjacent to an activating group) is 1. The van der Waals surface area contributed by atoms with Gasteiger partial charge in [-0.2, -0.15) is 5.10 Å². The Balaban J connectivity index is 1.33. The summed E-state index contributed by atoms with van der Waals surface area (Å²) < 4.78 is 13.5. The summed E-state index contributed by atoms with van der Waals surface area (Å²) in [5.41, 5.74) is 0.938. The van der Waals surface area contributed by atoms with Crippen molar-refractivity contribution >= 4 is 23.3 Å². The number of anilines is 1. The Morgan fingerprint density at radius 2 is 1.97 bits per heavy atom. The smallest absolute Gasteiger partial charge is 0.239 e. The largest absolute Gasteiger partial charge is 0.486 e. The molecule has 1 aromatic heterocycles. The van der Waals surface area contributed by atoms with E-state index in [1.807, 2.05) is 60.4 Å². The average Bonchev–Trinajstić information content (AvgIpc) is 3.21. The van der Waals surface area contributed by atoms with Crippen molar-refractivity contribution in [3.63, 3.8) is 0 Å². The van der Waals surface area contributed by atoms with Crippen LogP contribution in [0.25, 0.3) is 0 Å². The number of para-hydroxylation sites is 2. The third-order valence-corrected chi connectivity index (χ3v) is 5.47. The van der Waals surface area contributed by atoms with Gasteiger partial charge in [0.1, 0.15) is 18.5 Å². The molecule has 1 atom stereocenters. The zero-order valence-corrected chi connectivity index (χ0v) is 18.1. The summed E-state index contributed by atoms with van der Waals surface area (Å²) in [4.78, 5) is 14.7. The van der Waals surface area contributed by atoms with E-state index in [1.54, 1.807) is 16.9 Å². The van der Waals surface area contributed by atoms with Crippen LogP contribution in [0.4, 0.5) is 5.82 Å². The predicted octanol–water partition coefficient (Wildman–Crippen LogP) is 3.69. The van der Waals surface area contributed by atoms with Crippen LogP contribution in [0.1, 0.15) is 12.5 Å². The molecule has 31 heavy (non-hydrogen) atoms. The van der Waals surface area contributed by atoms with Gasteiger partial charge in [-0.05, 0) is 30.3 Å². The number of aromatic nitrogens is 2. The van der Waals surface area contributed by atoms with Gasteiger partial charge in [0.15, 0.2) is 11.5 Å². The van der Waals surface area contributed by atoms with Gasteiger partial charge in [0.25, 0.3) is 0 Å². The molecule has 2 heterocycles. The maximum absolute atomic E-state index is 12.7. The SMILES string of the molecule is CCN(CC(=O)Nc1ccnn1Cc1ccccc1Cl)CC1COc2ccccc2O1. The molecule has 8 heteroatoms. The molecule has 1 unspecified atom stereocenters. The lowest BCUT2D eigenvalue weighted by molar-refractivity contribution is -0.117. The van der Waals surface area contributed by atoms with E-state index in [0.29, 0.717) is 37.1 Å². The minimum atomic E-state index is -0.131. The van der Waals surface area contributed by atoms with Crippen LogP contribution in [-0.4, -0.2) is 52.9 Å². The van der Waals surface area contributed by atoms with E-state index in [4.69, 9.17) is 21.1 Å². The number of benzene rings is 2. The fourth-order valence-corrected chi connectivity index (χ4v) is 3.68. The molecule has 3 aromatic rings. The van der Waals surface area contributed by atoms with Crippen molar-refractivity contribution in [2.75, 3.05) is 31.6 Å². The van der Waals surface area contributed by atoms with Crippen molar-refractivity contribution in [2.24, 2.45) is 0 Å². The number of amides is 1. The number of halogens is 1. The van der Waals surface area contributed by atoms with Crippen LogP contribution in [-0.2, 0) is 11.3 Å². The van der Waals surface area contributed by atoms with Crippen molar-refractivity contribution in [2.45, 2.75) is 19.6 Å². The van der Waals surface area contributed by atoms with Gasteiger partial charge < -0.3 is 14.8 Å². The molecule has 0 fully saturated rings. The molecule has 1 amide bonds. The monoisotopic (exact) mass is 440 g/mol. The van der Waals surface area contributed by atoms with E-state index in [0.717, 1.165) is 17.1 Å². The maximum Gasteiger partial charge on any atom is 0.239 e. The normalized spacial score (nSPS) is 15.1. The fourth-order valence-electron chi connectivity index (χ4n) is 3.48. The number of ether oxygens (including phenoxy) is 2. The van der Waals surface area contributed by atoms with Gasteiger partial charge in [-0.15, -0.1) is 0 Å². The zero-order valence-electron chi connectivity index (χ0n) is 17.3. The number of hydrogen-bond donors (Lipinski definition) is 1. The summed E-state index contributed by atoms with van der Waals surface area (Å²) in [6.45, 7) is 4.51. The van der Waals surface area contributed by atoms with Gasteiger partial charge in [0, 0.05) is 17.6 Å². The Hall–Kier alpha value is -3.03. The average molecular weight is 441 g/mol. The minimum Gasteiger partial charge on any atom is -0.486 e. The van der Waals surface area contributed by atoms with E-state index in [2.05, 4.69) is 10.4 Å². The van der Waals surface area contributed by atoms with Gasteiger partial charge in [0.05, 0.1) is 19.3 Å². The standard InChI is InChI=1S/C23H25ClN4O3/c1-2-27(14-18-16-30-20-9-5-6-10-21(20)31-18)15-23(29)26-22-11-12-25-28(22)13-17-7-3-4-8-19(17)24/h3-12,18H,2,13-16H2,1H3,(H,26,29). The molecule has 0 aliphatic carbocycles. The Kier molecular flexibility index (Phi) is 6.74. The first-order chi connectivity index (χ1) is 15.1. The molecule has 2 aromatic carbocycles. The highest BCUT2D eigenvalue weighted by atomic mass is 35.5. The summed E-state index contributed by atoms with van der Waals surface area (Å²) in [5.74, 6) is 2.01. The predicted molar refractivity (Wildman–Crippen MR) is 120 cm³/mol. The Morgan fingerprint density at radius 3 is 2.77 bits per heavy atom. The minimum absolute atomic E-state index is 0.111. The van der Waals surface area contributed by atoms with E-state index < -0.39 is 0 Å². The number of hydrogen-bond acceptors (Lipinski definition) is 5. The van der Waals surface area contributed by atoms with Gasteiger partial charge in [0.2, 0.25) is 5.91 Å². The van der Waals surface area contributed by atoms with E-state index in [-0.39, 0.29) is 18.6 Å². The molecule has 162 valence electrons. The van der Waals surface area contributed by atoms with Crippen LogP contribution in [0.3, 0.4) is 0 Å². The van der Waals surface area contributed by atoms with Crippen molar-refractivity contribution in [1.82, 2.24) is 14.7 Å². The molecule has 0 saturated carbocycles. The number of nitrogens with one attached hydrogen (secondary N) is 1. The lowest BCUT2D eigenvalue weighted by atomic mass is 10.2. The first-order valence-electron chi connectivity index (χ1n) is 10.3. The van der Waals surface area contributed by atoms with Gasteiger partial charge >= 0.3 is 0 Å². The molecule has 0 radical (unpaired) electrons. The zero-order chi connectivity index (χ0) is 21.6. The van der Waals surface area contributed by atoms with E-state index in [1.165, 1.54) is 0 Å². The molecule has 0 saturated heterocycles. The van der Waals surface area contributed by atoms with Crippen molar-refractivity contribution in [1.29, 1.82) is 0 Å². The highest BCUT2D eigenvalue weighted by molar-refractivity contribution is 6.31. The Bertz CT molecular complexity index is 1040. The van der Waals surface area contributed by atoms with Crippen molar-refractivity contribution in [3.05, 3.63) is 71.4 Å². The lowest BCUT2D eigenvalue weighted by Gasteiger charge is -2.30. The number of carbonyl (C=O) groups is 1. The summed E-state index contributed by atoms with van der Waals surface area (Å²) >= 11 is 6.25. The number of fused-ring (bicyclic) bond motifs is 1. The van der Waals surface area contributed by atoms with Gasteiger partial charge in [-0.1, -0.05) is 48.9 Å². The third kappa shape index (κ3) is 5.37. The fraction of sp³-hybridized carbons (Fsp3) is 0.304. The highest BCUT2D eigenvalue weighted by Crippen LogP contribution is 2.31. The molecule has 1 N–H and O–H groups in total. The lowest BCUT2D eigenvalue weighted by Crippen LogP contribution is -2.43. The van der Waals surface area contributed by atoms with Gasteiger partial charge in [-0.25, -0.2) is 4.68 Å². The second kappa shape index (κ2) is 9.85. The third-order valence-electron chi connectivity index (χ3n) is 5.11. The molecule has 0 bridgehead atoms. The van der Waals surface area contributed by atoms with E-state index in [9.17, 15) is 4.79 Å². The molecule has 1 aliphatic heterocycles. The van der Waals surface area contributed by atoms with Crippen LogP contribution < -0.4 is 14.8 Å². The Labute approximate surface area is 186 Å². The topological polar surface area (TPSA) is 68.6 Å². The summed E-state index contributed by atoms with van der Waals surface area (Å²) in [5, 5.41) is 7.94. The quantitative estimate of drug-likeness (QED) is 0.578. The molecule has 0 spiro atoms. The Morgan fingerprint density at radius 1 is 1.19 bits per heavy atom. The van der Waals surface area contributed by atoms with E-state index >= 15 is 0 Å². The van der Waals surface area contributed by atoms with Crippen LogP contribution in [0.15, 0.2) is 60.8 Å². The van der Waals surface area contributed by atoms with Crippen LogP contribution in [0, 0.1) is 0 Å². The number of rotatable bonds is 8. The number of nitrogens with zero attached hydrogens (tertiary/aromatic N) is 3.